The zero-order chi connectivity index (χ0) is 30.8. The average molecular weight is 581 g/mol. The van der Waals surface area contributed by atoms with Gasteiger partial charge in [0, 0.05) is 48.6 Å². The molecule has 0 amide bonds. The highest BCUT2D eigenvalue weighted by Crippen LogP contribution is 2.47. The molecule has 1 heterocycles. The summed E-state index contributed by atoms with van der Waals surface area (Å²) in [6.45, 7) is 11.7. The molecule has 1 atom stereocenters. The molecule has 1 unspecified atom stereocenters. The minimum atomic E-state index is -2.45. The highest BCUT2D eigenvalue weighted by Gasteiger charge is 2.43. The number of allylic oxidation sites excluding steroid dienone is 5. The van der Waals surface area contributed by atoms with E-state index in [4.69, 9.17) is 0 Å². The standard InChI is InChI=1S/C33H39F3N2O2Si/c1-11-22(33(2,3)4)26-29(34)27(28(32(39)40)31(36)30(26)35)25-20-14-12-18(37(5)6)16-23(20)41(9,10)24-17-19(38(7)8)13-15-21(24)25/h12-17,22H,11H2,1-10H3. The van der Waals surface area contributed by atoms with Gasteiger partial charge in [0.2, 0.25) is 0 Å². The fourth-order valence-electron chi connectivity index (χ4n) is 6.31. The second-order valence-corrected chi connectivity index (χ2v) is 17.3. The number of hydrogen-bond acceptors (Lipinski definition) is 3. The molecule has 0 aromatic heterocycles. The van der Waals surface area contributed by atoms with Crippen LogP contribution in [0.5, 0.6) is 0 Å². The summed E-state index contributed by atoms with van der Waals surface area (Å²) in [6.07, 6.45) is 6.11. The number of aromatic carboxylic acids is 1. The molecule has 2 aliphatic rings. The summed E-state index contributed by atoms with van der Waals surface area (Å²) in [5.41, 5.74) is 0.773. The first-order chi connectivity index (χ1) is 18.9. The molecular formula is C33H39F3N2O2Si. The maximum atomic E-state index is 17.0. The summed E-state index contributed by atoms with van der Waals surface area (Å²) in [5.74, 6) is -6.77. The van der Waals surface area contributed by atoms with E-state index in [0.29, 0.717) is 17.6 Å². The van der Waals surface area contributed by atoms with Crippen molar-refractivity contribution in [1.82, 2.24) is 0 Å². The number of rotatable bonds is 5. The van der Waals surface area contributed by atoms with Crippen LogP contribution in [0.3, 0.4) is 0 Å². The third-order valence-corrected chi connectivity index (χ3v) is 12.1. The normalized spacial score (nSPS) is 16.7. The number of carboxylic acids is 1. The molecule has 0 radical (unpaired) electrons. The zero-order valence-electron chi connectivity index (χ0n) is 25.6. The second-order valence-electron chi connectivity index (χ2n) is 13.0. The van der Waals surface area contributed by atoms with E-state index in [9.17, 15) is 9.90 Å². The lowest BCUT2D eigenvalue weighted by Crippen LogP contribution is -2.50. The van der Waals surface area contributed by atoms with Crippen LogP contribution in [0.4, 0.5) is 18.9 Å². The monoisotopic (exact) mass is 580 g/mol. The molecule has 2 aromatic carbocycles. The van der Waals surface area contributed by atoms with Crippen LogP contribution in [-0.2, 0) is 0 Å². The van der Waals surface area contributed by atoms with Gasteiger partial charge in [0.1, 0.15) is 28.0 Å². The van der Waals surface area contributed by atoms with Crippen LogP contribution in [0, 0.1) is 22.9 Å². The van der Waals surface area contributed by atoms with Crippen LogP contribution >= 0.6 is 0 Å². The van der Waals surface area contributed by atoms with Crippen LogP contribution in [0.15, 0.2) is 47.2 Å². The van der Waals surface area contributed by atoms with Gasteiger partial charge >= 0.3 is 0 Å². The van der Waals surface area contributed by atoms with Crippen molar-refractivity contribution in [3.05, 3.63) is 86.9 Å². The van der Waals surface area contributed by atoms with Crippen LogP contribution < -0.4 is 15.2 Å². The third kappa shape index (κ3) is 4.90. The lowest BCUT2D eigenvalue weighted by molar-refractivity contribution is -0.462. The van der Waals surface area contributed by atoms with Crippen LogP contribution in [-0.4, -0.2) is 52.5 Å². The van der Waals surface area contributed by atoms with Crippen molar-refractivity contribution in [2.75, 3.05) is 33.1 Å². The van der Waals surface area contributed by atoms with Gasteiger partial charge < -0.3 is 14.8 Å². The molecule has 4 nitrogen and oxygen atoms in total. The molecule has 1 aliphatic carbocycles. The van der Waals surface area contributed by atoms with Crippen molar-refractivity contribution >= 4 is 36.2 Å². The van der Waals surface area contributed by atoms with E-state index in [0.717, 1.165) is 21.8 Å². The largest absolute Gasteiger partial charge is 0.545 e. The Hall–Kier alpha value is -3.39. The van der Waals surface area contributed by atoms with Gasteiger partial charge in [0.25, 0.3) is 0 Å². The lowest BCUT2D eigenvalue weighted by Gasteiger charge is -2.39. The Morgan fingerprint density at radius 1 is 1.05 bits per heavy atom. The number of anilines is 1. The molecule has 41 heavy (non-hydrogen) atoms. The van der Waals surface area contributed by atoms with Crippen molar-refractivity contribution < 1.29 is 27.6 Å². The summed E-state index contributed by atoms with van der Waals surface area (Å²) >= 11 is 0. The molecule has 4 rings (SSSR count). The molecule has 0 saturated heterocycles. The number of benzene rings is 2. The van der Waals surface area contributed by atoms with Gasteiger partial charge in [-0.25, -0.2) is 17.7 Å². The second kappa shape index (κ2) is 10.5. The zero-order valence-corrected chi connectivity index (χ0v) is 26.6. The number of nitrogens with zero attached hydrogens (tertiary/aromatic N) is 2. The van der Waals surface area contributed by atoms with E-state index in [-0.39, 0.29) is 5.57 Å². The summed E-state index contributed by atoms with van der Waals surface area (Å²) in [5, 5.41) is 14.4. The Kier molecular flexibility index (Phi) is 7.80. The third-order valence-electron chi connectivity index (χ3n) is 8.54. The quantitative estimate of drug-likeness (QED) is 0.265. The molecule has 0 fully saturated rings. The van der Waals surface area contributed by atoms with Gasteiger partial charge in [-0.1, -0.05) is 46.9 Å². The Labute approximate surface area is 242 Å². The summed E-state index contributed by atoms with van der Waals surface area (Å²) < 4.78 is 50.5. The van der Waals surface area contributed by atoms with Gasteiger partial charge in [0.15, 0.2) is 17.3 Å². The highest BCUT2D eigenvalue weighted by molar-refractivity contribution is 6.98. The minimum absolute atomic E-state index is 0.248. The van der Waals surface area contributed by atoms with E-state index in [1.807, 2.05) is 94.9 Å². The first-order valence-corrected chi connectivity index (χ1v) is 16.9. The fourth-order valence-corrected chi connectivity index (χ4v) is 9.38. The van der Waals surface area contributed by atoms with E-state index >= 15 is 13.2 Å². The molecule has 8 heteroatoms. The number of fused-ring (bicyclic) bond motifs is 2. The van der Waals surface area contributed by atoms with Gasteiger partial charge in [0.05, 0.1) is 5.97 Å². The van der Waals surface area contributed by atoms with Crippen LogP contribution in [0.25, 0.3) is 5.57 Å². The highest BCUT2D eigenvalue weighted by atomic mass is 28.3. The van der Waals surface area contributed by atoms with Gasteiger partial charge in [-0.2, -0.15) is 0 Å². The fraction of sp³-hybridized carbons (Fsp3) is 0.394. The Bertz CT molecular complexity index is 1590. The molecule has 2 aromatic rings. The van der Waals surface area contributed by atoms with E-state index in [2.05, 4.69) is 13.1 Å². The topological polar surface area (TPSA) is 46.4 Å². The maximum absolute atomic E-state index is 17.0. The van der Waals surface area contributed by atoms with E-state index < -0.39 is 59.5 Å². The predicted molar refractivity (Wildman–Crippen MR) is 161 cm³/mol. The SMILES string of the molecule is CCC(c1c(F)c(F)c(C(=O)[O-])c(C2=C3C=CC(=[N+](C)C)C=C3[Si](C)(C)c3cc(N(C)C)ccc32)c1F)C(C)(C)C. The number of hydrogen-bond donors (Lipinski definition) is 0. The lowest BCUT2D eigenvalue weighted by atomic mass is 9.73. The first-order valence-electron chi connectivity index (χ1n) is 13.9. The van der Waals surface area contributed by atoms with Crippen molar-refractivity contribution in [1.29, 1.82) is 0 Å². The minimum Gasteiger partial charge on any atom is -0.545 e. The van der Waals surface area contributed by atoms with Crippen molar-refractivity contribution in [3.8, 4) is 0 Å². The first kappa shape index (κ1) is 30.6. The van der Waals surface area contributed by atoms with E-state index in [1.54, 1.807) is 6.92 Å². The van der Waals surface area contributed by atoms with Crippen molar-refractivity contribution in [2.45, 2.75) is 53.1 Å². The smallest absolute Gasteiger partial charge is 0.199 e. The van der Waals surface area contributed by atoms with Gasteiger partial charge in [-0.15, -0.1) is 0 Å². The van der Waals surface area contributed by atoms with Crippen molar-refractivity contribution in [3.63, 3.8) is 0 Å². The number of halogens is 3. The number of carbonyl (C=O) groups excluding carboxylic acids is 1. The van der Waals surface area contributed by atoms with Gasteiger partial charge in [-0.3, -0.25) is 0 Å². The van der Waals surface area contributed by atoms with Crippen LogP contribution in [0.1, 0.15) is 67.1 Å². The molecule has 0 spiro atoms. The Balaban J connectivity index is 2.27. The molecule has 0 bridgehead atoms. The summed E-state index contributed by atoms with van der Waals surface area (Å²) in [6, 6.07) is 5.77. The Morgan fingerprint density at radius 2 is 1.68 bits per heavy atom. The van der Waals surface area contributed by atoms with Gasteiger partial charge in [-0.05, 0) is 63.1 Å². The maximum Gasteiger partial charge on any atom is 0.199 e. The molecule has 218 valence electrons. The Morgan fingerprint density at radius 3 is 2.20 bits per heavy atom. The van der Waals surface area contributed by atoms with E-state index in [1.165, 1.54) is 0 Å². The predicted octanol–water partition coefficient (Wildman–Crippen LogP) is 5.55. The summed E-state index contributed by atoms with van der Waals surface area (Å²) in [7, 11) is 5.25. The molecule has 0 saturated carbocycles. The average Bonchev–Trinajstić information content (AvgIpc) is 2.88. The number of carbonyl (C=O) groups is 1. The molecule has 0 N–H and O–H groups in total. The molecular weight excluding hydrogens is 541 g/mol. The number of carboxylic acid groups (broad SMARTS) is 1. The summed E-state index contributed by atoms with van der Waals surface area (Å²) in [4.78, 5) is 14.4. The van der Waals surface area contributed by atoms with Crippen LogP contribution in [0.2, 0.25) is 13.1 Å². The van der Waals surface area contributed by atoms with Crippen molar-refractivity contribution in [2.24, 2.45) is 5.41 Å². The molecule has 1 aliphatic heterocycles.